The van der Waals surface area contributed by atoms with Crippen molar-refractivity contribution in [1.29, 1.82) is 0 Å². The van der Waals surface area contributed by atoms with Crippen LogP contribution in [0.5, 0.6) is 5.75 Å². The lowest BCUT2D eigenvalue weighted by molar-refractivity contribution is 0.0694. The molecule has 2 aliphatic rings. The van der Waals surface area contributed by atoms with Crippen molar-refractivity contribution in [3.05, 3.63) is 39.2 Å². The first-order valence-electron chi connectivity index (χ1n) is 10.2. The maximum absolute atomic E-state index is 12.8. The second-order valence-corrected chi connectivity index (χ2v) is 12.4. The summed E-state index contributed by atoms with van der Waals surface area (Å²) in [5.74, 6) is -1.15. The second-order valence-electron chi connectivity index (χ2n) is 8.65. The number of carboxylic acids is 1. The molecule has 190 valence electrons. The van der Waals surface area contributed by atoms with Crippen molar-refractivity contribution in [2.45, 2.75) is 43.9 Å². The molecule has 0 unspecified atom stereocenters. The fourth-order valence-electron chi connectivity index (χ4n) is 4.35. The summed E-state index contributed by atoms with van der Waals surface area (Å²) in [4.78, 5) is 73.8. The molecule has 16 heteroatoms. The van der Waals surface area contributed by atoms with Gasteiger partial charge in [0.2, 0.25) is 5.43 Å². The fourth-order valence-corrected chi connectivity index (χ4v) is 6.38. The predicted molar refractivity (Wildman–Crippen MR) is 119 cm³/mol. The van der Waals surface area contributed by atoms with Gasteiger partial charge in [-0.25, -0.2) is 9.59 Å². The minimum Gasteiger partial charge on any atom is -0.489 e. The quantitative estimate of drug-likeness (QED) is 0.290. The molecule has 2 heterocycles. The summed E-state index contributed by atoms with van der Waals surface area (Å²) in [5, 5.41) is 12.0. The number of nitrogens with zero attached hydrogens (tertiary/aromatic N) is 1. The van der Waals surface area contributed by atoms with Crippen LogP contribution in [-0.2, 0) is 19.4 Å². The fraction of sp³-hybridized carbons (Fsp3) is 0.421. The summed E-state index contributed by atoms with van der Waals surface area (Å²) in [5.41, 5.74) is -4.02. The Bertz CT molecular complexity index is 1400. The summed E-state index contributed by atoms with van der Waals surface area (Å²) in [6.45, 7) is 3.51. The summed E-state index contributed by atoms with van der Waals surface area (Å²) in [6.07, 6.45) is 0.422. The predicted octanol–water partition coefficient (Wildman–Crippen LogP) is 1.32. The number of benzene rings is 1. The average molecular weight is 532 g/mol. The number of alkyl carbamates (subject to hydrolysis) is 1. The summed E-state index contributed by atoms with van der Waals surface area (Å²) < 4.78 is 34.9. The normalized spacial score (nSPS) is 18.8. The number of amides is 1. The standard InChI is InChI=1S/C19H22N2O12P2/c1-8-5-10-13-15(32-7-9(2)21(13)6-11(14(10)22)16(23)24)12(8)19(3-4-19)20-17(25)33-18(34(26,27)28)35(29,30)31/h5-6,9,18H,3-4,7H2,1-2H3,(H,20,25)(H,23,24)(H2,26,27,28)(H2,29,30,31)/t9-/m1/s1. The van der Waals surface area contributed by atoms with E-state index in [0.717, 1.165) is 0 Å². The van der Waals surface area contributed by atoms with Gasteiger partial charge in [-0.3, -0.25) is 13.9 Å². The highest BCUT2D eigenvalue weighted by Gasteiger charge is 2.52. The van der Waals surface area contributed by atoms with Crippen LogP contribution in [0, 0.1) is 6.92 Å². The number of nitrogens with one attached hydrogen (secondary N) is 1. The van der Waals surface area contributed by atoms with Crippen LogP contribution in [0.15, 0.2) is 17.1 Å². The smallest absolute Gasteiger partial charge is 0.409 e. The molecule has 1 amide bonds. The zero-order chi connectivity index (χ0) is 26.1. The van der Waals surface area contributed by atoms with Crippen molar-refractivity contribution in [3.63, 3.8) is 0 Å². The molecule has 2 aromatic rings. The van der Waals surface area contributed by atoms with E-state index in [1.54, 1.807) is 18.4 Å². The van der Waals surface area contributed by atoms with Gasteiger partial charge in [0.25, 0.3) is 0 Å². The number of ether oxygens (including phenoxy) is 2. The lowest BCUT2D eigenvalue weighted by Gasteiger charge is -2.32. The highest BCUT2D eigenvalue weighted by molar-refractivity contribution is 7.70. The van der Waals surface area contributed by atoms with E-state index in [1.807, 2.05) is 0 Å². The zero-order valence-electron chi connectivity index (χ0n) is 18.4. The minimum atomic E-state index is -5.51. The number of aromatic nitrogens is 1. The first kappa shape index (κ1) is 25.4. The van der Waals surface area contributed by atoms with E-state index in [4.69, 9.17) is 4.74 Å². The van der Waals surface area contributed by atoms with Crippen LogP contribution in [-0.4, -0.2) is 53.5 Å². The summed E-state index contributed by atoms with van der Waals surface area (Å²) in [6, 6.07) is 1.15. The van der Waals surface area contributed by atoms with Crippen molar-refractivity contribution >= 4 is 38.2 Å². The van der Waals surface area contributed by atoms with E-state index in [9.17, 15) is 48.2 Å². The van der Waals surface area contributed by atoms with Gasteiger partial charge in [-0.15, -0.1) is 0 Å². The highest BCUT2D eigenvalue weighted by atomic mass is 31.2. The molecule has 1 atom stereocenters. The van der Waals surface area contributed by atoms with E-state index in [-0.39, 0.29) is 23.8 Å². The van der Waals surface area contributed by atoms with Gasteiger partial charge < -0.3 is 44.0 Å². The number of aryl methyl sites for hydroxylation is 1. The molecule has 1 aromatic carbocycles. The third-order valence-electron chi connectivity index (χ3n) is 6.00. The molecule has 0 bridgehead atoms. The maximum atomic E-state index is 12.8. The molecule has 6 N–H and O–H groups in total. The molecule has 1 aromatic heterocycles. The van der Waals surface area contributed by atoms with E-state index in [2.05, 4.69) is 10.1 Å². The van der Waals surface area contributed by atoms with Gasteiger partial charge in [0.15, 0.2) is 0 Å². The van der Waals surface area contributed by atoms with Crippen LogP contribution in [0.4, 0.5) is 4.79 Å². The lowest BCUT2D eigenvalue weighted by atomic mass is 9.93. The number of pyridine rings is 1. The second kappa shape index (κ2) is 8.16. The molecule has 0 spiro atoms. The minimum absolute atomic E-state index is 0.106. The third kappa shape index (κ3) is 4.37. The van der Waals surface area contributed by atoms with Gasteiger partial charge in [0.05, 0.1) is 22.5 Å². The molecular formula is C19H22N2O12P2. The number of hydrogen-bond donors (Lipinski definition) is 6. The Morgan fingerprint density at radius 2 is 1.83 bits per heavy atom. The van der Waals surface area contributed by atoms with Crippen LogP contribution >= 0.6 is 15.2 Å². The van der Waals surface area contributed by atoms with Crippen LogP contribution in [0.2, 0.25) is 0 Å². The van der Waals surface area contributed by atoms with E-state index >= 15 is 0 Å². The monoisotopic (exact) mass is 532 g/mol. The lowest BCUT2D eigenvalue weighted by Crippen LogP contribution is -2.39. The van der Waals surface area contributed by atoms with Crippen LogP contribution < -0.4 is 15.5 Å². The molecule has 0 radical (unpaired) electrons. The van der Waals surface area contributed by atoms with Crippen molar-refractivity contribution < 1.29 is 52.9 Å². The van der Waals surface area contributed by atoms with Crippen molar-refractivity contribution in [2.24, 2.45) is 0 Å². The highest BCUT2D eigenvalue weighted by Crippen LogP contribution is 2.60. The average Bonchev–Trinajstić information content (AvgIpc) is 3.48. The number of carbonyl (C=O) groups excluding carboxylic acids is 1. The molecule has 14 nitrogen and oxygen atoms in total. The van der Waals surface area contributed by atoms with Crippen LogP contribution in [0.3, 0.4) is 0 Å². The largest absolute Gasteiger partial charge is 0.489 e. The van der Waals surface area contributed by atoms with Gasteiger partial charge in [0.1, 0.15) is 17.9 Å². The Balaban J connectivity index is 1.80. The Morgan fingerprint density at radius 3 is 2.34 bits per heavy atom. The number of rotatable bonds is 6. The van der Waals surface area contributed by atoms with Crippen molar-refractivity contribution in [2.75, 3.05) is 6.61 Å². The van der Waals surface area contributed by atoms with Gasteiger partial charge in [-0.05, 0) is 38.3 Å². The molecule has 35 heavy (non-hydrogen) atoms. The molecular weight excluding hydrogens is 510 g/mol. The Kier molecular flexibility index (Phi) is 5.91. The molecule has 1 fully saturated rings. The number of hydrogen-bond acceptors (Lipinski definition) is 7. The van der Waals surface area contributed by atoms with Gasteiger partial charge in [0, 0.05) is 11.8 Å². The number of carboxylic acid groups (broad SMARTS) is 1. The summed E-state index contributed by atoms with van der Waals surface area (Å²) >= 11 is 0. The van der Waals surface area contributed by atoms with Gasteiger partial charge in [-0.2, -0.15) is 0 Å². The van der Waals surface area contributed by atoms with Crippen molar-refractivity contribution in [3.8, 4) is 5.75 Å². The molecule has 4 rings (SSSR count). The maximum Gasteiger partial charge on any atom is 0.409 e. The Hall–Kier alpha value is -2.73. The summed E-state index contributed by atoms with van der Waals surface area (Å²) in [7, 11) is -11.0. The number of aromatic carboxylic acids is 1. The Morgan fingerprint density at radius 1 is 1.23 bits per heavy atom. The van der Waals surface area contributed by atoms with Gasteiger partial charge >= 0.3 is 32.8 Å². The van der Waals surface area contributed by atoms with Crippen LogP contribution in [0.25, 0.3) is 10.9 Å². The topological polar surface area (TPSA) is 222 Å². The van der Waals surface area contributed by atoms with E-state index < -0.39 is 49.4 Å². The molecule has 1 aliphatic heterocycles. The molecule has 0 saturated heterocycles. The SMILES string of the molecule is Cc1cc2c(=O)c(C(=O)O)cn3c2c(c1C1(NC(=O)OC(P(=O)(O)O)P(=O)(O)O)CC1)OC[C@H]3C. The third-order valence-corrected chi connectivity index (χ3v) is 9.17. The molecule has 1 saturated carbocycles. The van der Waals surface area contributed by atoms with Crippen LogP contribution in [0.1, 0.15) is 47.3 Å². The van der Waals surface area contributed by atoms with Crippen molar-refractivity contribution in [1.82, 2.24) is 9.88 Å². The first-order chi connectivity index (χ1) is 16.1. The Labute approximate surface area is 196 Å². The van der Waals surface area contributed by atoms with E-state index in [1.165, 1.54) is 12.3 Å². The first-order valence-corrected chi connectivity index (χ1v) is 13.6. The van der Waals surface area contributed by atoms with Gasteiger partial charge in [-0.1, -0.05) is 0 Å². The molecule has 1 aliphatic carbocycles. The number of carbonyl (C=O) groups is 2. The van der Waals surface area contributed by atoms with E-state index in [0.29, 0.717) is 29.5 Å². The zero-order valence-corrected chi connectivity index (χ0v) is 20.2.